The van der Waals surface area contributed by atoms with Crippen molar-refractivity contribution in [1.82, 2.24) is 0 Å². The van der Waals surface area contributed by atoms with Gasteiger partial charge >= 0.3 is 6.18 Å². The molecule has 1 aromatic rings. The predicted octanol–water partition coefficient (Wildman–Crippen LogP) is 3.90. The van der Waals surface area contributed by atoms with Gasteiger partial charge in [0, 0.05) is 5.02 Å². The van der Waals surface area contributed by atoms with Gasteiger partial charge in [0.1, 0.15) is 5.75 Å². The summed E-state index contributed by atoms with van der Waals surface area (Å²) in [6, 6.07) is 3.55. The van der Waals surface area contributed by atoms with Gasteiger partial charge in [-0.25, -0.2) is 0 Å². The Hall–Kier alpha value is -0.900. The Morgan fingerprint density at radius 3 is 2.47 bits per heavy atom. The molecule has 0 bridgehead atoms. The Morgan fingerprint density at radius 1 is 1.27 bits per heavy atom. The summed E-state index contributed by atoms with van der Waals surface area (Å²) in [5, 5.41) is 0.0606. The van der Waals surface area contributed by atoms with Gasteiger partial charge < -0.3 is 4.74 Å². The zero-order valence-electron chi connectivity index (χ0n) is 7.64. The fraction of sp³-hybridized carbons (Fsp3) is 0.400. The molecule has 2 rings (SSSR count). The number of hydrogen-bond donors (Lipinski definition) is 0. The Balaban J connectivity index is 2.34. The molecule has 0 heterocycles. The van der Waals surface area contributed by atoms with Crippen molar-refractivity contribution < 1.29 is 17.9 Å². The van der Waals surface area contributed by atoms with Gasteiger partial charge in [-0.05, 0) is 31.0 Å². The monoisotopic (exact) mass is 236 g/mol. The average Bonchev–Trinajstić information content (AvgIpc) is 2.90. The molecule has 5 heteroatoms. The van der Waals surface area contributed by atoms with Gasteiger partial charge in [0.05, 0.1) is 11.7 Å². The van der Waals surface area contributed by atoms with E-state index in [9.17, 15) is 13.2 Å². The van der Waals surface area contributed by atoms with Crippen molar-refractivity contribution in [3.05, 3.63) is 28.8 Å². The molecule has 1 aromatic carbocycles. The third-order valence-electron chi connectivity index (χ3n) is 2.07. The molecule has 0 aromatic heterocycles. The van der Waals surface area contributed by atoms with Gasteiger partial charge in [0.2, 0.25) is 0 Å². The van der Waals surface area contributed by atoms with E-state index in [0.29, 0.717) is 0 Å². The van der Waals surface area contributed by atoms with Gasteiger partial charge in [-0.2, -0.15) is 13.2 Å². The minimum absolute atomic E-state index is 0.0606. The topological polar surface area (TPSA) is 9.23 Å². The van der Waals surface area contributed by atoms with Crippen LogP contribution < -0.4 is 4.74 Å². The van der Waals surface area contributed by atoms with Crippen LogP contribution in [0.1, 0.15) is 18.4 Å². The summed E-state index contributed by atoms with van der Waals surface area (Å²) in [4.78, 5) is 0. The van der Waals surface area contributed by atoms with Crippen LogP contribution in [0.4, 0.5) is 13.2 Å². The van der Waals surface area contributed by atoms with Crippen LogP contribution >= 0.6 is 11.6 Å². The van der Waals surface area contributed by atoms with Crippen molar-refractivity contribution in [3.8, 4) is 5.75 Å². The minimum Gasteiger partial charge on any atom is -0.490 e. The highest BCUT2D eigenvalue weighted by atomic mass is 35.5. The number of rotatable bonds is 2. The first-order chi connectivity index (χ1) is 6.97. The van der Waals surface area contributed by atoms with Gasteiger partial charge in [0.15, 0.2) is 0 Å². The zero-order chi connectivity index (χ0) is 11.1. The van der Waals surface area contributed by atoms with Crippen LogP contribution in [0.25, 0.3) is 0 Å². The van der Waals surface area contributed by atoms with Crippen LogP contribution in [-0.2, 0) is 6.18 Å². The fourth-order valence-electron chi connectivity index (χ4n) is 1.19. The molecular formula is C10H8ClF3O. The maximum atomic E-state index is 12.6. The van der Waals surface area contributed by atoms with Gasteiger partial charge in [-0.15, -0.1) is 0 Å². The summed E-state index contributed by atoms with van der Waals surface area (Å²) in [6.45, 7) is 0. The SMILES string of the molecule is FC(F)(F)c1cc(Cl)ccc1OC1CC1. The lowest BCUT2D eigenvalue weighted by atomic mass is 10.2. The fourth-order valence-corrected chi connectivity index (χ4v) is 1.36. The summed E-state index contributed by atoms with van der Waals surface area (Å²) in [5.74, 6) is -0.130. The lowest BCUT2D eigenvalue weighted by molar-refractivity contribution is -0.139. The molecule has 0 atom stereocenters. The second kappa shape index (κ2) is 3.59. The molecule has 0 amide bonds. The van der Waals surface area contributed by atoms with E-state index in [4.69, 9.17) is 16.3 Å². The Morgan fingerprint density at radius 2 is 1.93 bits per heavy atom. The lowest BCUT2D eigenvalue weighted by Crippen LogP contribution is -2.09. The van der Waals surface area contributed by atoms with Gasteiger partial charge in [-0.3, -0.25) is 0 Å². The maximum absolute atomic E-state index is 12.6. The molecule has 1 nitrogen and oxygen atoms in total. The number of alkyl halides is 3. The molecule has 0 spiro atoms. The van der Waals surface area contributed by atoms with Crippen molar-refractivity contribution in [1.29, 1.82) is 0 Å². The number of hydrogen-bond acceptors (Lipinski definition) is 1. The highest BCUT2D eigenvalue weighted by Crippen LogP contribution is 2.39. The van der Waals surface area contributed by atoms with E-state index in [2.05, 4.69) is 0 Å². The molecule has 1 saturated carbocycles. The number of ether oxygens (including phenoxy) is 1. The normalized spacial score (nSPS) is 16.5. The summed E-state index contributed by atoms with van der Waals surface area (Å²) in [7, 11) is 0. The third-order valence-corrected chi connectivity index (χ3v) is 2.30. The van der Waals surface area contributed by atoms with E-state index >= 15 is 0 Å². The zero-order valence-corrected chi connectivity index (χ0v) is 8.40. The Kier molecular flexibility index (Phi) is 2.54. The molecule has 1 aliphatic rings. The van der Waals surface area contributed by atoms with Crippen LogP contribution in [0, 0.1) is 0 Å². The molecule has 1 aliphatic carbocycles. The van der Waals surface area contributed by atoms with Crippen molar-refractivity contribution in [2.24, 2.45) is 0 Å². The minimum atomic E-state index is -4.42. The highest BCUT2D eigenvalue weighted by molar-refractivity contribution is 6.30. The van der Waals surface area contributed by atoms with Crippen LogP contribution in [0.5, 0.6) is 5.75 Å². The molecule has 15 heavy (non-hydrogen) atoms. The van der Waals surface area contributed by atoms with Crippen molar-refractivity contribution in [2.45, 2.75) is 25.1 Å². The second-order valence-corrected chi connectivity index (χ2v) is 3.89. The summed E-state index contributed by atoms with van der Waals surface area (Å²) in [6.07, 6.45) is -2.85. The van der Waals surface area contributed by atoms with Gasteiger partial charge in [0.25, 0.3) is 0 Å². The molecule has 0 N–H and O–H groups in total. The van der Waals surface area contributed by atoms with Crippen molar-refractivity contribution >= 4 is 11.6 Å². The first-order valence-electron chi connectivity index (χ1n) is 4.50. The number of halogens is 4. The summed E-state index contributed by atoms with van der Waals surface area (Å²) < 4.78 is 42.8. The smallest absolute Gasteiger partial charge is 0.420 e. The second-order valence-electron chi connectivity index (χ2n) is 3.46. The first-order valence-corrected chi connectivity index (χ1v) is 4.88. The Bertz CT molecular complexity index is 371. The molecule has 0 aliphatic heterocycles. The maximum Gasteiger partial charge on any atom is 0.420 e. The molecule has 0 unspecified atom stereocenters. The van der Waals surface area contributed by atoms with E-state index < -0.39 is 11.7 Å². The standard InChI is InChI=1S/C10H8ClF3O/c11-6-1-4-9(15-7-2-3-7)8(5-6)10(12,13)14/h1,4-5,7H,2-3H2. The highest BCUT2D eigenvalue weighted by Gasteiger charge is 2.36. The van der Waals surface area contributed by atoms with E-state index in [1.807, 2.05) is 0 Å². The summed E-state index contributed by atoms with van der Waals surface area (Å²) in [5.41, 5.74) is -0.804. The van der Waals surface area contributed by atoms with Crippen LogP contribution in [0.3, 0.4) is 0 Å². The van der Waals surface area contributed by atoms with Crippen molar-refractivity contribution in [2.75, 3.05) is 0 Å². The third kappa shape index (κ3) is 2.56. The Labute approximate surface area is 89.8 Å². The largest absolute Gasteiger partial charge is 0.490 e. The van der Waals surface area contributed by atoms with Crippen LogP contribution in [0.2, 0.25) is 5.02 Å². The van der Waals surface area contributed by atoms with Crippen LogP contribution in [0.15, 0.2) is 18.2 Å². The van der Waals surface area contributed by atoms with Crippen molar-refractivity contribution in [3.63, 3.8) is 0 Å². The van der Waals surface area contributed by atoms with E-state index in [1.165, 1.54) is 12.1 Å². The first kappa shape index (κ1) is 10.6. The van der Waals surface area contributed by atoms with Gasteiger partial charge in [-0.1, -0.05) is 11.6 Å². The van der Waals surface area contributed by atoms with E-state index in [1.54, 1.807) is 0 Å². The van der Waals surface area contributed by atoms with Crippen LogP contribution in [-0.4, -0.2) is 6.10 Å². The molecule has 1 fully saturated rings. The number of benzene rings is 1. The molecule has 0 saturated heterocycles. The summed E-state index contributed by atoms with van der Waals surface area (Å²) >= 11 is 5.52. The quantitative estimate of drug-likeness (QED) is 0.757. The lowest BCUT2D eigenvalue weighted by Gasteiger charge is -2.13. The molecular weight excluding hydrogens is 229 g/mol. The molecule has 82 valence electrons. The molecule has 0 radical (unpaired) electrons. The average molecular weight is 237 g/mol. The van der Waals surface area contributed by atoms with E-state index in [-0.39, 0.29) is 16.9 Å². The van der Waals surface area contributed by atoms with E-state index in [0.717, 1.165) is 18.9 Å². The predicted molar refractivity (Wildman–Crippen MR) is 50.1 cm³/mol.